The molecule has 0 saturated carbocycles. The highest BCUT2D eigenvalue weighted by atomic mass is 15.0. The van der Waals surface area contributed by atoms with Gasteiger partial charge < -0.3 is 9.72 Å². The molecule has 0 fully saturated rings. The highest BCUT2D eigenvalue weighted by molar-refractivity contribution is 5.42. The van der Waals surface area contributed by atoms with Gasteiger partial charge in [0.15, 0.2) is 0 Å². The van der Waals surface area contributed by atoms with Crippen molar-refractivity contribution >= 4 is 5.65 Å². The van der Waals surface area contributed by atoms with Gasteiger partial charge in [-0.1, -0.05) is 25.8 Å². The molecule has 0 bridgehead atoms. The van der Waals surface area contributed by atoms with Gasteiger partial charge >= 0.3 is 0 Å². The third-order valence-corrected chi connectivity index (χ3v) is 3.44. The molecule has 0 aliphatic heterocycles. The Kier molecular flexibility index (Phi) is 4.37. The SMILES string of the molecule is CCCCC(C)NCc1c(C)nc2ccccn12. The van der Waals surface area contributed by atoms with E-state index in [2.05, 4.69) is 53.8 Å². The minimum absolute atomic E-state index is 0.568. The molecule has 0 spiro atoms. The fourth-order valence-corrected chi connectivity index (χ4v) is 2.26. The van der Waals surface area contributed by atoms with Crippen LogP contribution in [-0.4, -0.2) is 15.4 Å². The topological polar surface area (TPSA) is 29.3 Å². The van der Waals surface area contributed by atoms with Gasteiger partial charge in [-0.25, -0.2) is 4.98 Å². The van der Waals surface area contributed by atoms with Crippen LogP contribution in [0.4, 0.5) is 0 Å². The molecule has 0 amide bonds. The molecule has 1 N–H and O–H groups in total. The number of fused-ring (bicyclic) bond motifs is 1. The molecule has 2 rings (SSSR count). The molecular formula is C15H23N3. The van der Waals surface area contributed by atoms with Crippen LogP contribution in [-0.2, 0) is 6.54 Å². The maximum atomic E-state index is 4.58. The predicted molar refractivity (Wildman–Crippen MR) is 75.8 cm³/mol. The number of pyridine rings is 1. The van der Waals surface area contributed by atoms with E-state index >= 15 is 0 Å². The Hall–Kier alpha value is -1.35. The predicted octanol–water partition coefficient (Wildman–Crippen LogP) is 3.31. The van der Waals surface area contributed by atoms with E-state index in [-0.39, 0.29) is 0 Å². The highest BCUT2D eigenvalue weighted by Gasteiger charge is 2.09. The molecule has 0 aliphatic carbocycles. The first-order chi connectivity index (χ1) is 8.72. The maximum absolute atomic E-state index is 4.58. The van der Waals surface area contributed by atoms with E-state index < -0.39 is 0 Å². The number of hydrogen-bond acceptors (Lipinski definition) is 2. The number of aromatic nitrogens is 2. The van der Waals surface area contributed by atoms with Gasteiger partial charge in [0.2, 0.25) is 0 Å². The van der Waals surface area contributed by atoms with Crippen LogP contribution in [0.25, 0.3) is 5.65 Å². The summed E-state index contributed by atoms with van der Waals surface area (Å²) < 4.78 is 2.18. The molecule has 0 radical (unpaired) electrons. The van der Waals surface area contributed by atoms with Crippen molar-refractivity contribution in [2.45, 2.75) is 52.6 Å². The molecule has 0 aromatic carbocycles. The van der Waals surface area contributed by atoms with Crippen LogP contribution in [0.3, 0.4) is 0 Å². The first kappa shape index (κ1) is 13.1. The van der Waals surface area contributed by atoms with Crippen LogP contribution in [0.5, 0.6) is 0 Å². The van der Waals surface area contributed by atoms with Crippen LogP contribution in [0.1, 0.15) is 44.5 Å². The number of unbranched alkanes of at least 4 members (excludes halogenated alkanes) is 1. The summed E-state index contributed by atoms with van der Waals surface area (Å²) in [5, 5.41) is 3.59. The summed E-state index contributed by atoms with van der Waals surface area (Å²) in [4.78, 5) is 4.58. The normalized spacial score (nSPS) is 13.1. The van der Waals surface area contributed by atoms with Gasteiger partial charge in [0.1, 0.15) is 5.65 Å². The fourth-order valence-electron chi connectivity index (χ4n) is 2.26. The number of hydrogen-bond donors (Lipinski definition) is 1. The molecule has 1 unspecified atom stereocenters. The van der Waals surface area contributed by atoms with Crippen LogP contribution in [0.2, 0.25) is 0 Å². The summed E-state index contributed by atoms with van der Waals surface area (Å²) >= 11 is 0. The Morgan fingerprint density at radius 3 is 3.00 bits per heavy atom. The van der Waals surface area contributed by atoms with Crippen LogP contribution < -0.4 is 5.32 Å². The zero-order valence-corrected chi connectivity index (χ0v) is 11.6. The Labute approximate surface area is 109 Å². The minimum atomic E-state index is 0.568. The van der Waals surface area contributed by atoms with E-state index in [1.165, 1.54) is 25.0 Å². The standard InChI is InChI=1S/C15H23N3/c1-4-5-8-12(2)16-11-14-13(3)17-15-9-6-7-10-18(14)15/h6-7,9-10,12,16H,4-5,8,11H2,1-3H3. The third-order valence-electron chi connectivity index (χ3n) is 3.44. The Bertz CT molecular complexity index is 501. The second-order valence-electron chi connectivity index (χ2n) is 5.00. The second kappa shape index (κ2) is 6.01. The maximum Gasteiger partial charge on any atom is 0.137 e. The molecule has 3 nitrogen and oxygen atoms in total. The average Bonchev–Trinajstić information content (AvgIpc) is 2.69. The summed E-state index contributed by atoms with van der Waals surface area (Å²) in [5.41, 5.74) is 3.43. The lowest BCUT2D eigenvalue weighted by atomic mass is 10.1. The summed E-state index contributed by atoms with van der Waals surface area (Å²) in [6, 6.07) is 6.71. The molecule has 2 aromatic heterocycles. The minimum Gasteiger partial charge on any atom is -0.309 e. The first-order valence-electron chi connectivity index (χ1n) is 6.88. The van der Waals surface area contributed by atoms with Gasteiger partial charge in [-0.2, -0.15) is 0 Å². The van der Waals surface area contributed by atoms with E-state index in [1.54, 1.807) is 0 Å². The van der Waals surface area contributed by atoms with Crippen molar-refractivity contribution in [2.24, 2.45) is 0 Å². The van der Waals surface area contributed by atoms with E-state index in [9.17, 15) is 0 Å². The molecule has 1 atom stereocenters. The highest BCUT2D eigenvalue weighted by Crippen LogP contribution is 2.12. The van der Waals surface area contributed by atoms with E-state index in [0.29, 0.717) is 6.04 Å². The number of rotatable bonds is 6. The molecule has 3 heteroatoms. The van der Waals surface area contributed by atoms with E-state index in [0.717, 1.165) is 17.9 Å². The van der Waals surface area contributed by atoms with Crippen molar-refractivity contribution in [1.29, 1.82) is 0 Å². The smallest absolute Gasteiger partial charge is 0.137 e. The van der Waals surface area contributed by atoms with Gasteiger partial charge in [-0.3, -0.25) is 0 Å². The zero-order chi connectivity index (χ0) is 13.0. The largest absolute Gasteiger partial charge is 0.309 e. The van der Waals surface area contributed by atoms with Crippen LogP contribution in [0.15, 0.2) is 24.4 Å². The summed E-state index contributed by atoms with van der Waals surface area (Å²) in [7, 11) is 0. The molecule has 2 aromatic rings. The monoisotopic (exact) mass is 245 g/mol. The first-order valence-corrected chi connectivity index (χ1v) is 6.88. The van der Waals surface area contributed by atoms with Crippen LogP contribution >= 0.6 is 0 Å². The summed E-state index contributed by atoms with van der Waals surface area (Å²) in [6.45, 7) is 7.47. The van der Waals surface area contributed by atoms with Crippen molar-refractivity contribution in [3.63, 3.8) is 0 Å². The van der Waals surface area contributed by atoms with E-state index in [4.69, 9.17) is 0 Å². The van der Waals surface area contributed by atoms with Crippen molar-refractivity contribution in [3.8, 4) is 0 Å². The molecule has 0 aliphatic rings. The van der Waals surface area contributed by atoms with Crippen molar-refractivity contribution in [3.05, 3.63) is 35.8 Å². The summed E-state index contributed by atoms with van der Waals surface area (Å²) in [6.07, 6.45) is 5.89. The molecular weight excluding hydrogens is 222 g/mol. The Morgan fingerprint density at radius 1 is 1.39 bits per heavy atom. The van der Waals surface area contributed by atoms with Crippen molar-refractivity contribution < 1.29 is 0 Å². The quantitative estimate of drug-likeness (QED) is 0.846. The Morgan fingerprint density at radius 2 is 2.22 bits per heavy atom. The van der Waals surface area contributed by atoms with Gasteiger partial charge in [-0.05, 0) is 32.4 Å². The van der Waals surface area contributed by atoms with Gasteiger partial charge in [-0.15, -0.1) is 0 Å². The molecule has 0 saturated heterocycles. The lowest BCUT2D eigenvalue weighted by Gasteiger charge is -2.13. The molecule has 2 heterocycles. The number of nitrogens with zero attached hydrogens (tertiary/aromatic N) is 2. The molecule has 98 valence electrons. The zero-order valence-electron chi connectivity index (χ0n) is 11.6. The Balaban J connectivity index is 2.05. The lowest BCUT2D eigenvalue weighted by molar-refractivity contribution is 0.490. The van der Waals surface area contributed by atoms with Gasteiger partial charge in [0, 0.05) is 18.8 Å². The van der Waals surface area contributed by atoms with Gasteiger partial charge in [0.05, 0.1) is 11.4 Å². The van der Waals surface area contributed by atoms with Crippen molar-refractivity contribution in [1.82, 2.24) is 14.7 Å². The lowest BCUT2D eigenvalue weighted by Crippen LogP contribution is -2.26. The average molecular weight is 245 g/mol. The number of nitrogens with one attached hydrogen (secondary N) is 1. The summed E-state index contributed by atoms with van der Waals surface area (Å²) in [5.74, 6) is 0. The fraction of sp³-hybridized carbons (Fsp3) is 0.533. The van der Waals surface area contributed by atoms with E-state index in [1.807, 2.05) is 6.07 Å². The number of aryl methyl sites for hydroxylation is 1. The third kappa shape index (κ3) is 2.91. The van der Waals surface area contributed by atoms with Gasteiger partial charge in [0.25, 0.3) is 0 Å². The van der Waals surface area contributed by atoms with Crippen LogP contribution in [0, 0.1) is 6.92 Å². The second-order valence-corrected chi connectivity index (χ2v) is 5.00. The van der Waals surface area contributed by atoms with Crippen molar-refractivity contribution in [2.75, 3.05) is 0 Å². The number of imidazole rings is 1. The molecule has 18 heavy (non-hydrogen) atoms.